The van der Waals surface area contributed by atoms with E-state index in [0.717, 1.165) is 5.56 Å². The van der Waals surface area contributed by atoms with E-state index in [1.807, 2.05) is 13.0 Å². The summed E-state index contributed by atoms with van der Waals surface area (Å²) in [6.45, 7) is 4.52. The highest BCUT2D eigenvalue weighted by molar-refractivity contribution is 5.90. The first-order chi connectivity index (χ1) is 8.71. The van der Waals surface area contributed by atoms with Crippen LogP contribution in [0.4, 0.5) is 0 Å². The van der Waals surface area contributed by atoms with Crippen LogP contribution in [0.2, 0.25) is 0 Å². The van der Waals surface area contributed by atoms with Crippen LogP contribution in [-0.2, 0) is 11.2 Å². The molecule has 0 amide bonds. The summed E-state index contributed by atoms with van der Waals surface area (Å²) in [6.07, 6.45) is 1.02. The van der Waals surface area contributed by atoms with E-state index < -0.39 is 0 Å². The van der Waals surface area contributed by atoms with Gasteiger partial charge in [-0.15, -0.1) is 0 Å². The van der Waals surface area contributed by atoms with Crippen molar-refractivity contribution in [2.45, 2.75) is 26.7 Å². The maximum atomic E-state index is 11.7. The third kappa shape index (κ3) is 4.10. The molecule has 0 aliphatic carbocycles. The summed E-state index contributed by atoms with van der Waals surface area (Å²) in [5.74, 6) is 0.272. The molecule has 96 valence electrons. The normalized spacial score (nSPS) is 9.61. The molecule has 1 aromatic carbocycles. The highest BCUT2D eigenvalue weighted by Gasteiger charge is 2.10. The van der Waals surface area contributed by atoms with Crippen molar-refractivity contribution in [3.63, 3.8) is 0 Å². The molecule has 0 spiro atoms. The molecule has 0 bridgehead atoms. The minimum Gasteiger partial charge on any atom is -0.494 e. The topological polar surface area (TPSA) is 59.3 Å². The number of aryl methyl sites for hydroxylation is 1. The standard InChI is InChI=1S/C14H17NO3/c1-3-17-13-9-11(6-5-7-15)8-12(10-13)14(16)18-4-2/h8-10H,3-6H2,1-2H3. The number of rotatable bonds is 6. The van der Waals surface area contributed by atoms with Gasteiger partial charge in [-0.05, 0) is 44.0 Å². The van der Waals surface area contributed by atoms with E-state index in [1.165, 1.54) is 0 Å². The van der Waals surface area contributed by atoms with E-state index in [2.05, 4.69) is 6.07 Å². The van der Waals surface area contributed by atoms with Gasteiger partial charge in [0.1, 0.15) is 5.75 Å². The zero-order chi connectivity index (χ0) is 13.4. The first-order valence-electron chi connectivity index (χ1n) is 6.02. The van der Waals surface area contributed by atoms with Crippen LogP contribution in [0, 0.1) is 11.3 Å². The van der Waals surface area contributed by atoms with Crippen LogP contribution in [0.5, 0.6) is 5.75 Å². The van der Waals surface area contributed by atoms with Gasteiger partial charge in [-0.2, -0.15) is 5.26 Å². The fourth-order valence-corrected chi connectivity index (χ4v) is 1.59. The summed E-state index contributed by atoms with van der Waals surface area (Å²) >= 11 is 0. The summed E-state index contributed by atoms with van der Waals surface area (Å²) < 4.78 is 10.4. The van der Waals surface area contributed by atoms with Gasteiger partial charge in [0.05, 0.1) is 24.8 Å². The lowest BCUT2D eigenvalue weighted by atomic mass is 10.1. The number of hydrogen-bond donors (Lipinski definition) is 0. The molecule has 0 fully saturated rings. The molecule has 1 rings (SSSR count). The molecular formula is C14H17NO3. The van der Waals surface area contributed by atoms with E-state index in [1.54, 1.807) is 19.1 Å². The molecule has 0 heterocycles. The number of ether oxygens (including phenoxy) is 2. The third-order valence-corrected chi connectivity index (χ3v) is 2.31. The maximum absolute atomic E-state index is 11.7. The first-order valence-corrected chi connectivity index (χ1v) is 6.02. The summed E-state index contributed by atoms with van der Waals surface area (Å²) in [6, 6.07) is 7.35. The van der Waals surface area contributed by atoms with E-state index >= 15 is 0 Å². The van der Waals surface area contributed by atoms with Crippen molar-refractivity contribution in [3.05, 3.63) is 29.3 Å². The molecule has 0 unspecified atom stereocenters. The highest BCUT2D eigenvalue weighted by atomic mass is 16.5. The van der Waals surface area contributed by atoms with Gasteiger partial charge in [0, 0.05) is 6.42 Å². The Bertz CT molecular complexity index is 449. The minimum absolute atomic E-state index is 0.339. The first kappa shape index (κ1) is 14.0. The van der Waals surface area contributed by atoms with E-state index in [0.29, 0.717) is 37.4 Å². The van der Waals surface area contributed by atoms with Crippen molar-refractivity contribution in [3.8, 4) is 11.8 Å². The van der Waals surface area contributed by atoms with Crippen molar-refractivity contribution in [1.82, 2.24) is 0 Å². The molecule has 0 N–H and O–H groups in total. The summed E-state index contributed by atoms with van der Waals surface area (Å²) in [5.41, 5.74) is 1.38. The molecule has 4 nitrogen and oxygen atoms in total. The average Bonchev–Trinajstić information content (AvgIpc) is 2.37. The second-order valence-electron chi connectivity index (χ2n) is 3.68. The van der Waals surface area contributed by atoms with E-state index in [4.69, 9.17) is 14.7 Å². The van der Waals surface area contributed by atoms with Crippen molar-refractivity contribution in [1.29, 1.82) is 5.26 Å². The summed E-state index contributed by atoms with van der Waals surface area (Å²) in [4.78, 5) is 11.7. The Morgan fingerprint density at radius 2 is 2.06 bits per heavy atom. The number of nitrogens with zero attached hydrogens (tertiary/aromatic N) is 1. The Morgan fingerprint density at radius 3 is 2.67 bits per heavy atom. The molecule has 18 heavy (non-hydrogen) atoms. The predicted octanol–water partition coefficient (Wildman–Crippen LogP) is 2.72. The van der Waals surface area contributed by atoms with Crippen LogP contribution in [-0.4, -0.2) is 19.2 Å². The smallest absolute Gasteiger partial charge is 0.338 e. The second-order valence-corrected chi connectivity index (χ2v) is 3.68. The van der Waals surface area contributed by atoms with Crippen LogP contribution < -0.4 is 4.74 Å². The zero-order valence-electron chi connectivity index (χ0n) is 10.7. The SMILES string of the molecule is CCOC(=O)c1cc(CCC#N)cc(OCC)c1. The van der Waals surface area contributed by atoms with Gasteiger partial charge in [-0.1, -0.05) is 0 Å². The van der Waals surface area contributed by atoms with Crippen LogP contribution in [0.15, 0.2) is 18.2 Å². The lowest BCUT2D eigenvalue weighted by Gasteiger charge is -2.09. The van der Waals surface area contributed by atoms with Crippen LogP contribution in [0.3, 0.4) is 0 Å². The number of esters is 1. The molecule has 0 saturated heterocycles. The predicted molar refractivity (Wildman–Crippen MR) is 67.5 cm³/mol. The molecule has 0 aliphatic heterocycles. The molecular weight excluding hydrogens is 230 g/mol. The minimum atomic E-state index is -0.364. The number of carbonyl (C=O) groups is 1. The molecule has 4 heteroatoms. The van der Waals surface area contributed by atoms with Crippen molar-refractivity contribution < 1.29 is 14.3 Å². The average molecular weight is 247 g/mol. The Morgan fingerprint density at radius 1 is 1.28 bits per heavy atom. The van der Waals surface area contributed by atoms with Gasteiger partial charge < -0.3 is 9.47 Å². The number of benzene rings is 1. The van der Waals surface area contributed by atoms with Gasteiger partial charge in [0.25, 0.3) is 0 Å². The van der Waals surface area contributed by atoms with Gasteiger partial charge in [-0.25, -0.2) is 4.79 Å². The Hall–Kier alpha value is -2.02. The highest BCUT2D eigenvalue weighted by Crippen LogP contribution is 2.19. The second kappa shape index (κ2) is 7.33. The number of nitriles is 1. The van der Waals surface area contributed by atoms with Crippen LogP contribution in [0.1, 0.15) is 36.2 Å². The Kier molecular flexibility index (Phi) is 5.72. The van der Waals surface area contributed by atoms with E-state index in [-0.39, 0.29) is 5.97 Å². The maximum Gasteiger partial charge on any atom is 0.338 e. The Balaban J connectivity index is 2.98. The molecule has 1 aromatic rings. The summed E-state index contributed by atoms with van der Waals surface area (Å²) in [5, 5.41) is 8.59. The van der Waals surface area contributed by atoms with Crippen molar-refractivity contribution in [2.75, 3.05) is 13.2 Å². The third-order valence-electron chi connectivity index (χ3n) is 2.31. The quantitative estimate of drug-likeness (QED) is 0.725. The van der Waals surface area contributed by atoms with Crippen molar-refractivity contribution in [2.24, 2.45) is 0 Å². The molecule has 0 radical (unpaired) electrons. The van der Waals surface area contributed by atoms with E-state index in [9.17, 15) is 4.79 Å². The molecule has 0 saturated carbocycles. The fourth-order valence-electron chi connectivity index (χ4n) is 1.59. The lowest BCUT2D eigenvalue weighted by molar-refractivity contribution is 0.0525. The van der Waals surface area contributed by atoms with Gasteiger partial charge in [0.2, 0.25) is 0 Å². The zero-order valence-corrected chi connectivity index (χ0v) is 10.7. The van der Waals surface area contributed by atoms with Crippen LogP contribution >= 0.6 is 0 Å². The number of carbonyl (C=O) groups excluding carboxylic acids is 1. The molecule has 0 aromatic heterocycles. The van der Waals surface area contributed by atoms with Gasteiger partial charge >= 0.3 is 5.97 Å². The molecule has 0 aliphatic rings. The van der Waals surface area contributed by atoms with Crippen molar-refractivity contribution >= 4 is 5.97 Å². The van der Waals surface area contributed by atoms with Gasteiger partial charge in [-0.3, -0.25) is 0 Å². The lowest BCUT2D eigenvalue weighted by Crippen LogP contribution is -2.06. The largest absolute Gasteiger partial charge is 0.494 e. The molecule has 0 atom stereocenters. The van der Waals surface area contributed by atoms with Gasteiger partial charge in [0.15, 0.2) is 0 Å². The summed E-state index contributed by atoms with van der Waals surface area (Å²) in [7, 11) is 0. The Labute approximate surface area is 107 Å². The number of hydrogen-bond acceptors (Lipinski definition) is 4. The van der Waals surface area contributed by atoms with Crippen LogP contribution in [0.25, 0.3) is 0 Å². The fraction of sp³-hybridized carbons (Fsp3) is 0.429. The monoisotopic (exact) mass is 247 g/mol.